The van der Waals surface area contributed by atoms with E-state index in [1.54, 1.807) is 0 Å². The van der Waals surface area contributed by atoms with Crippen LogP contribution in [0, 0.1) is 0 Å². The molecule has 1 aliphatic rings. The van der Waals surface area contributed by atoms with Crippen LogP contribution in [0.25, 0.3) is 0 Å². The lowest BCUT2D eigenvalue weighted by molar-refractivity contribution is 0.341. The zero-order valence-electron chi connectivity index (χ0n) is 16.5. The molecule has 0 fully saturated rings. The van der Waals surface area contributed by atoms with Gasteiger partial charge in [0.2, 0.25) is 0 Å². The van der Waals surface area contributed by atoms with Crippen LogP contribution in [0.1, 0.15) is 24.5 Å². The molecular weight excluding hydrogens is 344 g/mol. The van der Waals surface area contributed by atoms with Gasteiger partial charge in [0.25, 0.3) is 0 Å². The molecule has 0 radical (unpaired) electrons. The van der Waals surface area contributed by atoms with Crippen LogP contribution in [0.5, 0.6) is 5.75 Å². The van der Waals surface area contributed by atoms with Crippen molar-refractivity contribution in [3.05, 3.63) is 90.0 Å². The largest absolute Gasteiger partial charge is 0.492 e. The van der Waals surface area contributed by atoms with Crippen LogP contribution in [-0.2, 0) is 13.0 Å². The predicted molar refractivity (Wildman–Crippen MR) is 117 cm³/mol. The van der Waals surface area contributed by atoms with Crippen LogP contribution in [0.4, 0.5) is 11.4 Å². The van der Waals surface area contributed by atoms with E-state index in [1.165, 1.54) is 16.8 Å². The first-order chi connectivity index (χ1) is 13.8. The molecule has 1 N–H and O–H groups in total. The van der Waals surface area contributed by atoms with Crippen molar-refractivity contribution in [2.75, 3.05) is 23.4 Å². The Morgan fingerprint density at radius 2 is 1.68 bits per heavy atom. The van der Waals surface area contributed by atoms with Crippen molar-refractivity contribution in [1.82, 2.24) is 0 Å². The fraction of sp³-hybridized carbons (Fsp3) is 0.280. The molecule has 0 saturated carbocycles. The van der Waals surface area contributed by atoms with E-state index in [1.807, 2.05) is 19.1 Å². The summed E-state index contributed by atoms with van der Waals surface area (Å²) in [6.07, 6.45) is 2.10. The van der Waals surface area contributed by atoms with Gasteiger partial charge in [0.15, 0.2) is 0 Å². The second-order valence-corrected chi connectivity index (χ2v) is 7.30. The maximum atomic E-state index is 5.81. The van der Waals surface area contributed by atoms with E-state index < -0.39 is 0 Å². The summed E-state index contributed by atoms with van der Waals surface area (Å²) < 4.78 is 5.81. The first-order valence-corrected chi connectivity index (χ1v) is 10.2. The molecule has 4 rings (SSSR count). The van der Waals surface area contributed by atoms with Crippen molar-refractivity contribution in [2.24, 2.45) is 0 Å². The minimum atomic E-state index is 0.378. The molecule has 28 heavy (non-hydrogen) atoms. The lowest BCUT2D eigenvalue weighted by Gasteiger charge is -2.25. The number of anilines is 2. The monoisotopic (exact) mass is 372 g/mol. The highest BCUT2D eigenvalue weighted by molar-refractivity contribution is 5.59. The number of rotatable bonds is 6. The number of ether oxygens (including phenoxy) is 1. The van der Waals surface area contributed by atoms with E-state index in [-0.39, 0.29) is 0 Å². The molecule has 0 amide bonds. The molecule has 0 saturated heterocycles. The van der Waals surface area contributed by atoms with Crippen LogP contribution in [-0.4, -0.2) is 19.2 Å². The molecule has 0 aromatic heterocycles. The SMILES string of the molecule is CCOc1ccccc1NC1CCN(Cc2ccccc2)c2ccccc2C1. The number of fused-ring (bicyclic) bond motifs is 1. The standard InChI is InChI=1S/C25H28N2O/c1-2-28-25-15-9-7-13-23(25)26-22-16-17-27(19-20-10-4-3-5-11-20)24-14-8-6-12-21(24)18-22/h3-15,22,26H,2,16-19H2,1H3. The van der Waals surface area contributed by atoms with E-state index in [4.69, 9.17) is 4.74 Å². The Bertz CT molecular complexity index is 894. The van der Waals surface area contributed by atoms with Crippen molar-refractivity contribution < 1.29 is 4.74 Å². The van der Waals surface area contributed by atoms with E-state index in [0.717, 1.165) is 37.4 Å². The molecule has 3 heteroatoms. The summed E-state index contributed by atoms with van der Waals surface area (Å²) in [7, 11) is 0. The summed E-state index contributed by atoms with van der Waals surface area (Å²) in [4.78, 5) is 2.51. The smallest absolute Gasteiger partial charge is 0.142 e. The van der Waals surface area contributed by atoms with Crippen LogP contribution < -0.4 is 15.0 Å². The van der Waals surface area contributed by atoms with E-state index in [0.29, 0.717) is 12.6 Å². The zero-order chi connectivity index (χ0) is 19.2. The Hall–Kier alpha value is -2.94. The molecule has 1 heterocycles. The molecule has 0 aliphatic carbocycles. The third-order valence-electron chi connectivity index (χ3n) is 5.31. The summed E-state index contributed by atoms with van der Waals surface area (Å²) in [6, 6.07) is 28.2. The minimum absolute atomic E-state index is 0.378. The van der Waals surface area contributed by atoms with Crippen LogP contribution in [0.15, 0.2) is 78.9 Å². The van der Waals surface area contributed by atoms with Crippen LogP contribution in [0.2, 0.25) is 0 Å². The van der Waals surface area contributed by atoms with Crippen LogP contribution in [0.3, 0.4) is 0 Å². The predicted octanol–water partition coefficient (Wildman–Crippen LogP) is 5.52. The molecule has 144 valence electrons. The Balaban J connectivity index is 1.55. The van der Waals surface area contributed by atoms with Gasteiger partial charge in [-0.3, -0.25) is 0 Å². The number of nitrogens with one attached hydrogen (secondary N) is 1. The lowest BCUT2D eigenvalue weighted by Crippen LogP contribution is -2.27. The van der Waals surface area contributed by atoms with Crippen molar-refractivity contribution in [3.8, 4) is 5.75 Å². The van der Waals surface area contributed by atoms with Crippen LogP contribution >= 0.6 is 0 Å². The summed E-state index contributed by atoms with van der Waals surface area (Å²) in [5.41, 5.74) is 5.20. The quantitative estimate of drug-likeness (QED) is 0.617. The fourth-order valence-electron chi connectivity index (χ4n) is 3.97. The molecule has 3 aromatic carbocycles. The average Bonchev–Trinajstić information content (AvgIpc) is 2.90. The molecule has 1 unspecified atom stereocenters. The molecule has 1 atom stereocenters. The number of hydrogen-bond acceptors (Lipinski definition) is 3. The molecule has 3 aromatic rings. The van der Waals surface area contributed by atoms with Crippen molar-refractivity contribution >= 4 is 11.4 Å². The normalized spacial score (nSPS) is 16.2. The van der Waals surface area contributed by atoms with E-state index in [9.17, 15) is 0 Å². The molecule has 3 nitrogen and oxygen atoms in total. The van der Waals surface area contributed by atoms with Crippen molar-refractivity contribution in [2.45, 2.75) is 32.4 Å². The highest BCUT2D eigenvalue weighted by Crippen LogP contribution is 2.31. The summed E-state index contributed by atoms with van der Waals surface area (Å²) in [5.74, 6) is 0.934. The number of hydrogen-bond donors (Lipinski definition) is 1. The lowest BCUT2D eigenvalue weighted by atomic mass is 10.0. The minimum Gasteiger partial charge on any atom is -0.492 e. The first-order valence-electron chi connectivity index (χ1n) is 10.2. The molecule has 0 spiro atoms. The summed E-state index contributed by atoms with van der Waals surface area (Å²) in [5, 5.41) is 3.75. The third kappa shape index (κ3) is 4.30. The van der Waals surface area contributed by atoms with Crippen molar-refractivity contribution in [1.29, 1.82) is 0 Å². The Morgan fingerprint density at radius 3 is 2.54 bits per heavy atom. The maximum absolute atomic E-state index is 5.81. The van der Waals surface area contributed by atoms with Gasteiger partial charge in [-0.2, -0.15) is 0 Å². The fourth-order valence-corrected chi connectivity index (χ4v) is 3.97. The Kier molecular flexibility index (Phi) is 5.81. The van der Waals surface area contributed by atoms with Crippen molar-refractivity contribution in [3.63, 3.8) is 0 Å². The number of benzene rings is 3. The van der Waals surface area contributed by atoms with Gasteiger partial charge in [-0.25, -0.2) is 0 Å². The highest BCUT2D eigenvalue weighted by atomic mass is 16.5. The van der Waals surface area contributed by atoms with Gasteiger partial charge in [0.1, 0.15) is 5.75 Å². The summed E-state index contributed by atoms with van der Waals surface area (Å²) >= 11 is 0. The summed E-state index contributed by atoms with van der Waals surface area (Å²) in [6.45, 7) is 4.68. The van der Waals surface area contributed by atoms with E-state index in [2.05, 4.69) is 76.9 Å². The van der Waals surface area contributed by atoms with Gasteiger partial charge in [-0.05, 0) is 49.1 Å². The molecular formula is C25H28N2O. The highest BCUT2D eigenvalue weighted by Gasteiger charge is 2.22. The molecule has 1 aliphatic heterocycles. The van der Waals surface area contributed by atoms with E-state index >= 15 is 0 Å². The van der Waals surface area contributed by atoms with Gasteiger partial charge in [0, 0.05) is 24.8 Å². The second-order valence-electron chi connectivity index (χ2n) is 7.30. The van der Waals surface area contributed by atoms with Gasteiger partial charge in [0.05, 0.1) is 12.3 Å². The number of nitrogens with zero attached hydrogens (tertiary/aromatic N) is 1. The van der Waals surface area contributed by atoms with Gasteiger partial charge < -0.3 is 15.0 Å². The second kappa shape index (κ2) is 8.83. The van der Waals surface area contributed by atoms with Gasteiger partial charge in [-0.15, -0.1) is 0 Å². The van der Waals surface area contributed by atoms with Gasteiger partial charge >= 0.3 is 0 Å². The Labute approximate surface area is 168 Å². The van der Waals surface area contributed by atoms with Gasteiger partial charge in [-0.1, -0.05) is 60.7 Å². The first kappa shape index (κ1) is 18.4. The zero-order valence-corrected chi connectivity index (χ0v) is 16.5. The number of para-hydroxylation sites is 3. The Morgan fingerprint density at radius 1 is 0.929 bits per heavy atom. The molecule has 0 bridgehead atoms. The maximum Gasteiger partial charge on any atom is 0.142 e. The topological polar surface area (TPSA) is 24.5 Å². The third-order valence-corrected chi connectivity index (χ3v) is 5.31. The average molecular weight is 373 g/mol.